The van der Waals surface area contributed by atoms with Crippen molar-refractivity contribution >= 4 is 5.96 Å². The number of likely N-dealkylation sites (tertiary alicyclic amines) is 1. The van der Waals surface area contributed by atoms with Gasteiger partial charge in [0.05, 0.1) is 6.20 Å². The lowest BCUT2D eigenvalue weighted by atomic mass is 10.0. The predicted molar refractivity (Wildman–Crippen MR) is 110 cm³/mol. The monoisotopic (exact) mass is 362 g/mol. The zero-order valence-corrected chi connectivity index (χ0v) is 17.2. The minimum Gasteiger partial charge on any atom is -0.356 e. The lowest BCUT2D eigenvalue weighted by molar-refractivity contribution is 0.161. The van der Waals surface area contributed by atoms with Crippen LogP contribution in [0.2, 0.25) is 0 Å². The number of nitrogens with zero attached hydrogens (tertiary/aromatic N) is 4. The van der Waals surface area contributed by atoms with Gasteiger partial charge in [0, 0.05) is 38.9 Å². The summed E-state index contributed by atoms with van der Waals surface area (Å²) in [5.41, 5.74) is 1.21. The van der Waals surface area contributed by atoms with E-state index in [9.17, 15) is 0 Å². The number of hydrogen-bond donors (Lipinski definition) is 2. The number of rotatable bonds is 8. The molecule has 1 saturated heterocycles. The summed E-state index contributed by atoms with van der Waals surface area (Å²) in [5, 5.41) is 11.3. The zero-order valence-electron chi connectivity index (χ0n) is 17.2. The molecule has 148 valence electrons. The van der Waals surface area contributed by atoms with Crippen LogP contribution in [0.4, 0.5) is 0 Å². The Balaban J connectivity index is 1.72. The van der Waals surface area contributed by atoms with E-state index in [-0.39, 0.29) is 0 Å². The molecule has 0 radical (unpaired) electrons. The topological polar surface area (TPSA) is 57.5 Å². The van der Waals surface area contributed by atoms with E-state index in [0.29, 0.717) is 12.0 Å². The Morgan fingerprint density at radius 3 is 2.50 bits per heavy atom. The summed E-state index contributed by atoms with van der Waals surface area (Å²) >= 11 is 0. The number of aromatic nitrogens is 2. The van der Waals surface area contributed by atoms with E-state index in [1.807, 2.05) is 17.9 Å². The van der Waals surface area contributed by atoms with Crippen LogP contribution in [0.15, 0.2) is 17.4 Å². The van der Waals surface area contributed by atoms with E-state index in [2.05, 4.69) is 52.6 Å². The van der Waals surface area contributed by atoms with E-state index in [1.54, 1.807) is 0 Å². The first-order valence-electron chi connectivity index (χ1n) is 10.3. The maximum atomic E-state index is 4.39. The number of aryl methyl sites for hydroxylation is 2. The number of guanidine groups is 1. The molecule has 0 aliphatic carbocycles. The summed E-state index contributed by atoms with van der Waals surface area (Å²) < 4.78 is 2.00. The first kappa shape index (κ1) is 20.7. The molecule has 6 heteroatoms. The van der Waals surface area contributed by atoms with Gasteiger partial charge in [0.1, 0.15) is 0 Å². The highest BCUT2D eigenvalue weighted by Crippen LogP contribution is 2.17. The van der Waals surface area contributed by atoms with E-state index >= 15 is 0 Å². The van der Waals surface area contributed by atoms with Gasteiger partial charge < -0.3 is 10.6 Å². The number of aliphatic imine (C=N–C) groups is 1. The molecule has 2 rings (SSSR count). The fourth-order valence-electron chi connectivity index (χ4n) is 3.67. The van der Waals surface area contributed by atoms with Gasteiger partial charge in [0.15, 0.2) is 5.96 Å². The van der Waals surface area contributed by atoms with Crippen molar-refractivity contribution in [3.63, 3.8) is 0 Å². The summed E-state index contributed by atoms with van der Waals surface area (Å²) in [6, 6.07) is 0.568. The van der Waals surface area contributed by atoms with Crippen molar-refractivity contribution in [1.82, 2.24) is 25.3 Å². The quantitative estimate of drug-likeness (QED) is 0.424. The standard InChI is InChI=1S/C20H38N6/c1-17(2)19(25-11-7-5-6-8-12-25)15-23-20(21-4)22-10-9-13-26-16-18(3)14-24-26/h14,16-17,19H,5-13,15H2,1-4H3,(H2,21,22,23). The largest absolute Gasteiger partial charge is 0.356 e. The smallest absolute Gasteiger partial charge is 0.191 e. The van der Waals surface area contributed by atoms with Gasteiger partial charge in [-0.3, -0.25) is 14.6 Å². The van der Waals surface area contributed by atoms with Crippen LogP contribution >= 0.6 is 0 Å². The fraction of sp³-hybridized carbons (Fsp3) is 0.800. The Hall–Kier alpha value is -1.56. The molecule has 2 heterocycles. The summed E-state index contributed by atoms with van der Waals surface area (Å²) in [4.78, 5) is 7.06. The molecule has 1 aliphatic rings. The van der Waals surface area contributed by atoms with Crippen LogP contribution in [0.5, 0.6) is 0 Å². The molecule has 1 aromatic heterocycles. The minimum atomic E-state index is 0.568. The summed E-state index contributed by atoms with van der Waals surface area (Å²) in [6.07, 6.45) is 10.5. The molecule has 2 N–H and O–H groups in total. The van der Waals surface area contributed by atoms with Crippen LogP contribution in [0, 0.1) is 12.8 Å². The average Bonchev–Trinajstić information content (AvgIpc) is 2.86. The Morgan fingerprint density at radius 1 is 1.19 bits per heavy atom. The Morgan fingerprint density at radius 2 is 1.92 bits per heavy atom. The second kappa shape index (κ2) is 11.2. The SMILES string of the molecule is CN=C(NCCCn1cc(C)cn1)NCC(C(C)C)N1CCCCCC1. The van der Waals surface area contributed by atoms with Crippen molar-refractivity contribution in [2.75, 3.05) is 33.2 Å². The van der Waals surface area contributed by atoms with E-state index < -0.39 is 0 Å². The third kappa shape index (κ3) is 6.98. The highest BCUT2D eigenvalue weighted by atomic mass is 15.3. The number of nitrogens with one attached hydrogen (secondary N) is 2. The van der Waals surface area contributed by atoms with Gasteiger partial charge in [0.2, 0.25) is 0 Å². The normalized spacial score (nSPS) is 18.0. The molecule has 0 bridgehead atoms. The van der Waals surface area contributed by atoms with Gasteiger partial charge >= 0.3 is 0 Å². The molecule has 6 nitrogen and oxygen atoms in total. The summed E-state index contributed by atoms with van der Waals surface area (Å²) in [7, 11) is 1.85. The zero-order chi connectivity index (χ0) is 18.8. The molecule has 1 aromatic rings. The molecule has 0 spiro atoms. The molecule has 0 aromatic carbocycles. The Labute approximate surface area is 159 Å². The minimum absolute atomic E-state index is 0.568. The van der Waals surface area contributed by atoms with Crippen molar-refractivity contribution in [1.29, 1.82) is 0 Å². The highest BCUT2D eigenvalue weighted by molar-refractivity contribution is 5.79. The van der Waals surface area contributed by atoms with Crippen LogP contribution in [-0.2, 0) is 6.54 Å². The molecule has 26 heavy (non-hydrogen) atoms. The van der Waals surface area contributed by atoms with E-state index in [4.69, 9.17) is 0 Å². The second-order valence-electron chi connectivity index (χ2n) is 7.78. The molecule has 1 atom stereocenters. The maximum Gasteiger partial charge on any atom is 0.191 e. The number of hydrogen-bond acceptors (Lipinski definition) is 3. The van der Waals surface area contributed by atoms with Crippen molar-refractivity contribution in [2.24, 2.45) is 10.9 Å². The van der Waals surface area contributed by atoms with Crippen LogP contribution in [0.25, 0.3) is 0 Å². The highest BCUT2D eigenvalue weighted by Gasteiger charge is 2.22. The van der Waals surface area contributed by atoms with Gasteiger partial charge in [-0.15, -0.1) is 0 Å². The third-order valence-corrected chi connectivity index (χ3v) is 5.20. The van der Waals surface area contributed by atoms with E-state index in [1.165, 1.54) is 44.3 Å². The molecule has 0 amide bonds. The molecule has 1 aliphatic heterocycles. The third-order valence-electron chi connectivity index (χ3n) is 5.20. The van der Waals surface area contributed by atoms with Crippen molar-refractivity contribution in [3.05, 3.63) is 18.0 Å². The van der Waals surface area contributed by atoms with Crippen LogP contribution < -0.4 is 10.6 Å². The van der Waals surface area contributed by atoms with Gasteiger partial charge in [-0.25, -0.2) is 0 Å². The van der Waals surface area contributed by atoms with Crippen molar-refractivity contribution < 1.29 is 0 Å². The Kier molecular flexibility index (Phi) is 8.95. The van der Waals surface area contributed by atoms with E-state index in [0.717, 1.165) is 32.0 Å². The molecule has 1 unspecified atom stereocenters. The van der Waals surface area contributed by atoms with Gasteiger partial charge in [-0.1, -0.05) is 26.7 Å². The first-order valence-corrected chi connectivity index (χ1v) is 10.3. The maximum absolute atomic E-state index is 4.39. The molecular weight excluding hydrogens is 324 g/mol. The molecule has 0 saturated carbocycles. The van der Waals surface area contributed by atoms with Crippen LogP contribution in [-0.4, -0.2) is 59.9 Å². The average molecular weight is 363 g/mol. The van der Waals surface area contributed by atoms with Crippen molar-refractivity contribution in [2.45, 2.75) is 65.5 Å². The summed E-state index contributed by atoms with van der Waals surface area (Å²) in [6.45, 7) is 12.0. The van der Waals surface area contributed by atoms with Gasteiger partial charge in [-0.05, 0) is 50.8 Å². The van der Waals surface area contributed by atoms with Gasteiger partial charge in [0.25, 0.3) is 0 Å². The fourth-order valence-corrected chi connectivity index (χ4v) is 3.67. The first-order chi connectivity index (χ1) is 12.6. The Bertz CT molecular complexity index is 528. The van der Waals surface area contributed by atoms with Crippen LogP contribution in [0.1, 0.15) is 51.5 Å². The predicted octanol–water partition coefficient (Wildman–Crippen LogP) is 2.65. The lowest BCUT2D eigenvalue weighted by Crippen LogP contribution is -2.49. The second-order valence-corrected chi connectivity index (χ2v) is 7.78. The lowest BCUT2D eigenvalue weighted by Gasteiger charge is -2.34. The van der Waals surface area contributed by atoms with Crippen LogP contribution in [0.3, 0.4) is 0 Å². The molecular formula is C20H38N6. The van der Waals surface area contributed by atoms with Crippen molar-refractivity contribution in [3.8, 4) is 0 Å². The van der Waals surface area contributed by atoms with Gasteiger partial charge in [-0.2, -0.15) is 5.10 Å². The summed E-state index contributed by atoms with van der Waals surface area (Å²) in [5.74, 6) is 1.55. The molecule has 1 fully saturated rings.